The number of amides is 2. The van der Waals surface area contributed by atoms with E-state index in [1.165, 1.54) is 11.3 Å². The van der Waals surface area contributed by atoms with Crippen LogP contribution in [0.25, 0.3) is 10.3 Å². The monoisotopic (exact) mass is 417 g/mol. The second kappa shape index (κ2) is 7.40. The van der Waals surface area contributed by atoms with Crippen LogP contribution >= 0.6 is 22.9 Å². The molecule has 1 aliphatic rings. The highest BCUT2D eigenvalue weighted by Gasteiger charge is 2.29. The third-order valence-electron chi connectivity index (χ3n) is 4.75. The summed E-state index contributed by atoms with van der Waals surface area (Å²) in [7, 11) is 0. The minimum absolute atomic E-state index is 0.0483. The number of halogens is 1. The SMILES string of the molecule is Cc1ccc(NC(=O)N2CCN(c3nc(N)nc4scnc34)[C@@H](C)C2)c(Cl)c1. The van der Waals surface area contributed by atoms with Gasteiger partial charge < -0.3 is 20.9 Å². The van der Waals surface area contributed by atoms with Gasteiger partial charge in [-0.3, -0.25) is 0 Å². The second-order valence-corrected chi connectivity index (χ2v) is 8.05. The topological polar surface area (TPSA) is 100 Å². The Morgan fingerprint density at radius 3 is 2.93 bits per heavy atom. The molecule has 0 aliphatic carbocycles. The Labute approximate surface area is 171 Å². The number of carbonyl (C=O) groups excluding carboxylic acids is 1. The standard InChI is InChI=1S/C18H20ClN7OS/c1-10-3-4-13(12(19)7-10)22-18(27)25-5-6-26(11(2)8-25)15-14-16(28-9-21-14)24-17(20)23-15/h3-4,7,9,11H,5-6,8H2,1-2H3,(H,22,27)(H2,20,23,24)/t11-/m0/s1. The van der Waals surface area contributed by atoms with Crippen molar-refractivity contribution in [2.24, 2.45) is 0 Å². The van der Waals surface area contributed by atoms with Gasteiger partial charge in [0, 0.05) is 25.7 Å². The van der Waals surface area contributed by atoms with Crippen molar-refractivity contribution < 1.29 is 4.79 Å². The van der Waals surface area contributed by atoms with Gasteiger partial charge >= 0.3 is 6.03 Å². The van der Waals surface area contributed by atoms with Crippen LogP contribution in [-0.2, 0) is 0 Å². The minimum Gasteiger partial charge on any atom is -0.368 e. The summed E-state index contributed by atoms with van der Waals surface area (Å²) < 4.78 is 0. The molecular weight excluding hydrogens is 398 g/mol. The average Bonchev–Trinajstić information content (AvgIpc) is 3.11. The highest BCUT2D eigenvalue weighted by molar-refractivity contribution is 7.16. The third-order valence-corrected chi connectivity index (χ3v) is 5.78. The Morgan fingerprint density at radius 2 is 2.18 bits per heavy atom. The number of rotatable bonds is 2. The van der Waals surface area contributed by atoms with E-state index in [1.807, 2.05) is 25.1 Å². The first-order valence-corrected chi connectivity index (χ1v) is 10.1. The molecule has 1 aromatic carbocycles. The summed E-state index contributed by atoms with van der Waals surface area (Å²) in [6.45, 7) is 5.73. The number of hydrogen-bond donors (Lipinski definition) is 2. The van der Waals surface area contributed by atoms with Gasteiger partial charge in [-0.25, -0.2) is 14.8 Å². The van der Waals surface area contributed by atoms with Crippen molar-refractivity contribution in [2.75, 3.05) is 35.6 Å². The number of fused-ring (bicyclic) bond motifs is 1. The number of nitrogen functional groups attached to an aromatic ring is 1. The minimum atomic E-state index is -0.168. The molecule has 3 N–H and O–H groups in total. The van der Waals surface area contributed by atoms with Gasteiger partial charge in [-0.1, -0.05) is 17.7 Å². The van der Waals surface area contributed by atoms with Gasteiger partial charge in [0.25, 0.3) is 0 Å². The van der Waals surface area contributed by atoms with Crippen molar-refractivity contribution in [3.8, 4) is 0 Å². The van der Waals surface area contributed by atoms with Crippen LogP contribution in [0.2, 0.25) is 5.02 Å². The summed E-state index contributed by atoms with van der Waals surface area (Å²) in [6.07, 6.45) is 0. The van der Waals surface area contributed by atoms with Crippen LogP contribution in [0.1, 0.15) is 12.5 Å². The van der Waals surface area contributed by atoms with E-state index in [0.29, 0.717) is 30.3 Å². The van der Waals surface area contributed by atoms with Crippen LogP contribution in [0.5, 0.6) is 0 Å². The normalized spacial score (nSPS) is 17.2. The van der Waals surface area contributed by atoms with E-state index in [4.69, 9.17) is 17.3 Å². The van der Waals surface area contributed by atoms with Gasteiger partial charge in [0.15, 0.2) is 10.6 Å². The van der Waals surface area contributed by atoms with Crippen LogP contribution in [-0.4, -0.2) is 51.6 Å². The lowest BCUT2D eigenvalue weighted by Gasteiger charge is -2.40. The summed E-state index contributed by atoms with van der Waals surface area (Å²) in [6, 6.07) is 5.44. The van der Waals surface area contributed by atoms with Gasteiger partial charge in [0.05, 0.1) is 16.2 Å². The molecule has 146 valence electrons. The molecule has 0 bridgehead atoms. The number of aromatic nitrogens is 3. The van der Waals surface area contributed by atoms with Crippen molar-refractivity contribution in [3.63, 3.8) is 0 Å². The number of aryl methyl sites for hydroxylation is 1. The number of anilines is 3. The van der Waals surface area contributed by atoms with E-state index in [2.05, 4.69) is 32.1 Å². The maximum atomic E-state index is 12.7. The molecule has 2 aromatic heterocycles. The van der Waals surface area contributed by atoms with Crippen LogP contribution in [0.3, 0.4) is 0 Å². The maximum absolute atomic E-state index is 12.7. The van der Waals surface area contributed by atoms with Gasteiger partial charge in [-0.2, -0.15) is 4.98 Å². The lowest BCUT2D eigenvalue weighted by Crippen LogP contribution is -2.55. The van der Waals surface area contributed by atoms with E-state index in [9.17, 15) is 4.79 Å². The number of carbonyl (C=O) groups is 1. The van der Waals surface area contributed by atoms with Crippen molar-refractivity contribution in [1.82, 2.24) is 19.9 Å². The fourth-order valence-corrected chi connectivity index (χ4v) is 4.28. The van der Waals surface area contributed by atoms with E-state index in [0.717, 1.165) is 21.7 Å². The first-order chi connectivity index (χ1) is 13.4. The zero-order chi connectivity index (χ0) is 19.8. The summed E-state index contributed by atoms with van der Waals surface area (Å²) in [5.74, 6) is 0.950. The van der Waals surface area contributed by atoms with Gasteiger partial charge in [-0.05, 0) is 31.5 Å². The van der Waals surface area contributed by atoms with Gasteiger partial charge in [0.1, 0.15) is 5.52 Å². The van der Waals surface area contributed by atoms with E-state index in [1.54, 1.807) is 10.4 Å². The van der Waals surface area contributed by atoms with E-state index >= 15 is 0 Å². The fourth-order valence-electron chi connectivity index (χ4n) is 3.34. The molecule has 1 aliphatic heterocycles. The second-order valence-electron chi connectivity index (χ2n) is 6.81. The predicted molar refractivity (Wildman–Crippen MR) is 113 cm³/mol. The lowest BCUT2D eigenvalue weighted by molar-refractivity contribution is 0.200. The smallest absolute Gasteiger partial charge is 0.322 e. The zero-order valence-electron chi connectivity index (χ0n) is 15.5. The Bertz CT molecular complexity index is 1040. The predicted octanol–water partition coefficient (Wildman–Crippen LogP) is 3.37. The quantitative estimate of drug-likeness (QED) is 0.663. The van der Waals surface area contributed by atoms with E-state index < -0.39 is 0 Å². The summed E-state index contributed by atoms with van der Waals surface area (Å²) in [5, 5.41) is 3.43. The summed E-state index contributed by atoms with van der Waals surface area (Å²) in [4.78, 5) is 30.4. The molecule has 4 rings (SSSR count). The molecule has 2 amide bonds. The highest BCUT2D eigenvalue weighted by atomic mass is 35.5. The molecule has 1 fully saturated rings. The Kier molecular flexibility index (Phi) is 4.94. The summed E-state index contributed by atoms with van der Waals surface area (Å²) >= 11 is 7.66. The van der Waals surface area contributed by atoms with Crippen LogP contribution < -0.4 is 16.0 Å². The van der Waals surface area contributed by atoms with Crippen LogP contribution in [0.4, 0.5) is 22.2 Å². The van der Waals surface area contributed by atoms with Crippen molar-refractivity contribution in [1.29, 1.82) is 0 Å². The molecule has 3 heterocycles. The Morgan fingerprint density at radius 1 is 1.36 bits per heavy atom. The number of nitrogens with two attached hydrogens (primary N) is 1. The number of nitrogens with one attached hydrogen (secondary N) is 1. The Balaban J connectivity index is 1.49. The van der Waals surface area contributed by atoms with E-state index in [-0.39, 0.29) is 18.0 Å². The molecule has 0 spiro atoms. The molecule has 0 radical (unpaired) electrons. The number of hydrogen-bond acceptors (Lipinski definition) is 7. The lowest BCUT2D eigenvalue weighted by atomic mass is 10.2. The molecule has 3 aromatic rings. The molecule has 0 unspecified atom stereocenters. The van der Waals surface area contributed by atoms with Crippen LogP contribution in [0.15, 0.2) is 23.7 Å². The molecule has 1 saturated heterocycles. The molecule has 0 saturated carbocycles. The largest absolute Gasteiger partial charge is 0.368 e. The number of benzene rings is 1. The van der Waals surface area contributed by atoms with Crippen molar-refractivity contribution in [3.05, 3.63) is 34.3 Å². The van der Waals surface area contributed by atoms with Crippen molar-refractivity contribution >= 4 is 56.8 Å². The molecular formula is C18H20ClN7OS. The number of thiazole rings is 1. The maximum Gasteiger partial charge on any atom is 0.322 e. The first-order valence-electron chi connectivity index (χ1n) is 8.88. The third kappa shape index (κ3) is 3.55. The van der Waals surface area contributed by atoms with Gasteiger partial charge in [0.2, 0.25) is 5.95 Å². The highest BCUT2D eigenvalue weighted by Crippen LogP contribution is 2.29. The number of nitrogens with zero attached hydrogens (tertiary/aromatic N) is 5. The zero-order valence-corrected chi connectivity index (χ0v) is 17.1. The molecule has 1 atom stereocenters. The first kappa shape index (κ1) is 18.7. The number of piperazine rings is 1. The molecule has 28 heavy (non-hydrogen) atoms. The van der Waals surface area contributed by atoms with Crippen molar-refractivity contribution in [2.45, 2.75) is 19.9 Å². The average molecular weight is 418 g/mol. The number of urea groups is 1. The van der Waals surface area contributed by atoms with Gasteiger partial charge in [-0.15, -0.1) is 11.3 Å². The Hall–Kier alpha value is -2.65. The summed E-state index contributed by atoms with van der Waals surface area (Å²) in [5.41, 5.74) is 10.0. The molecule has 8 nitrogen and oxygen atoms in total. The van der Waals surface area contributed by atoms with Crippen LogP contribution in [0, 0.1) is 6.92 Å². The molecule has 10 heteroatoms. The fraction of sp³-hybridized carbons (Fsp3) is 0.333.